The van der Waals surface area contributed by atoms with E-state index in [1.807, 2.05) is 13.8 Å². The number of nitrogen functional groups attached to an aromatic ring is 1. The molecule has 0 fully saturated rings. The molecule has 0 amide bonds. The van der Waals surface area contributed by atoms with Gasteiger partial charge in [0.2, 0.25) is 0 Å². The third-order valence-electron chi connectivity index (χ3n) is 2.14. The highest BCUT2D eigenvalue weighted by Gasteiger charge is 2.08. The van der Waals surface area contributed by atoms with E-state index in [1.54, 1.807) is 6.20 Å². The van der Waals surface area contributed by atoms with Gasteiger partial charge in [-0.2, -0.15) is 9.66 Å². The predicted octanol–water partition coefficient (Wildman–Crippen LogP) is 0.789. The fraction of sp³-hybridized carbons (Fsp3) is 0.250. The molecular weight excluding hydrogens is 186 g/mol. The first-order valence-corrected chi connectivity index (χ1v) is 4.65. The zero-order valence-electron chi connectivity index (χ0n) is 7.37. The quantitative estimate of drug-likeness (QED) is 0.632. The number of aryl methyl sites for hydroxylation is 2. The molecule has 2 N–H and O–H groups in total. The number of aromatic nitrogens is 2. The van der Waals surface area contributed by atoms with Gasteiger partial charge in [-0.05, 0) is 19.4 Å². The second-order valence-corrected chi connectivity index (χ2v) is 4.12. The van der Waals surface area contributed by atoms with Crippen LogP contribution < -0.4 is 11.5 Å². The summed E-state index contributed by atoms with van der Waals surface area (Å²) >= 11 is 1.52. The Hall–Kier alpha value is -1.36. The van der Waals surface area contributed by atoms with E-state index in [0.29, 0.717) is 0 Å². The predicted molar refractivity (Wildman–Crippen MR) is 53.5 cm³/mol. The number of fused-ring (bicyclic) bond motifs is 1. The lowest BCUT2D eigenvalue weighted by atomic mass is 10.2. The van der Waals surface area contributed by atoms with Gasteiger partial charge in [-0.25, -0.2) is 4.79 Å². The van der Waals surface area contributed by atoms with Gasteiger partial charge in [-0.1, -0.05) is 0 Å². The second-order valence-electron chi connectivity index (χ2n) is 2.91. The lowest BCUT2D eigenvalue weighted by Crippen LogP contribution is -2.28. The summed E-state index contributed by atoms with van der Waals surface area (Å²) < 4.78 is 1.10. The van der Waals surface area contributed by atoms with Crippen molar-refractivity contribution in [1.82, 2.24) is 9.66 Å². The third kappa shape index (κ3) is 1.04. The van der Waals surface area contributed by atoms with Crippen molar-refractivity contribution in [3.63, 3.8) is 0 Å². The first-order chi connectivity index (χ1) is 6.11. The van der Waals surface area contributed by atoms with E-state index in [4.69, 9.17) is 5.84 Å². The number of nitrogens with two attached hydrogens (primary N) is 1. The van der Waals surface area contributed by atoms with Crippen molar-refractivity contribution in [1.29, 1.82) is 0 Å². The molecule has 0 bridgehead atoms. The van der Waals surface area contributed by atoms with Crippen LogP contribution in [0.1, 0.15) is 10.4 Å². The molecular formula is C8H9N3OS. The topological polar surface area (TPSA) is 60.9 Å². The SMILES string of the molecule is Cc1sc2c(cnc(=O)n2N)c1C. The Morgan fingerprint density at radius 2 is 2.23 bits per heavy atom. The number of nitrogens with zero attached hydrogens (tertiary/aromatic N) is 2. The zero-order chi connectivity index (χ0) is 9.59. The highest BCUT2D eigenvalue weighted by atomic mass is 32.1. The Kier molecular flexibility index (Phi) is 1.63. The number of rotatable bonds is 0. The van der Waals surface area contributed by atoms with Crippen LogP contribution in [0.25, 0.3) is 10.2 Å². The summed E-state index contributed by atoms with van der Waals surface area (Å²) in [6, 6.07) is 0. The maximum Gasteiger partial charge on any atom is 0.367 e. The van der Waals surface area contributed by atoms with Crippen LogP contribution in [0, 0.1) is 13.8 Å². The molecule has 0 saturated heterocycles. The molecule has 0 atom stereocenters. The van der Waals surface area contributed by atoms with Gasteiger partial charge in [0.15, 0.2) is 0 Å². The van der Waals surface area contributed by atoms with E-state index in [1.165, 1.54) is 16.2 Å². The van der Waals surface area contributed by atoms with E-state index in [-0.39, 0.29) is 0 Å². The molecule has 2 rings (SSSR count). The van der Waals surface area contributed by atoms with Crippen LogP contribution in [0.2, 0.25) is 0 Å². The van der Waals surface area contributed by atoms with E-state index < -0.39 is 5.69 Å². The van der Waals surface area contributed by atoms with Crippen LogP contribution in [-0.2, 0) is 0 Å². The van der Waals surface area contributed by atoms with Crippen LogP contribution in [0.5, 0.6) is 0 Å². The molecule has 13 heavy (non-hydrogen) atoms. The maximum atomic E-state index is 11.1. The summed E-state index contributed by atoms with van der Waals surface area (Å²) in [5.74, 6) is 5.55. The van der Waals surface area contributed by atoms with Crippen LogP contribution in [0.4, 0.5) is 0 Å². The number of hydrogen-bond donors (Lipinski definition) is 1. The van der Waals surface area contributed by atoms with Crippen LogP contribution in [0.15, 0.2) is 11.0 Å². The molecule has 0 saturated carbocycles. The number of hydrogen-bond acceptors (Lipinski definition) is 4. The molecule has 4 nitrogen and oxygen atoms in total. The summed E-state index contributed by atoms with van der Waals surface area (Å²) in [5.41, 5.74) is 0.737. The van der Waals surface area contributed by atoms with Crippen molar-refractivity contribution in [3.05, 3.63) is 27.1 Å². The smallest absolute Gasteiger partial charge is 0.334 e. The summed E-state index contributed by atoms with van der Waals surface area (Å²) in [6.07, 6.45) is 1.58. The van der Waals surface area contributed by atoms with Crippen molar-refractivity contribution in [2.24, 2.45) is 0 Å². The monoisotopic (exact) mass is 195 g/mol. The van der Waals surface area contributed by atoms with E-state index >= 15 is 0 Å². The van der Waals surface area contributed by atoms with Crippen LogP contribution in [-0.4, -0.2) is 9.66 Å². The van der Waals surface area contributed by atoms with Crippen molar-refractivity contribution >= 4 is 21.6 Å². The minimum atomic E-state index is -0.409. The minimum absolute atomic E-state index is 0.409. The summed E-state index contributed by atoms with van der Waals surface area (Å²) in [7, 11) is 0. The third-order valence-corrected chi connectivity index (χ3v) is 3.36. The zero-order valence-corrected chi connectivity index (χ0v) is 8.18. The Labute approximate surface area is 78.6 Å². The largest absolute Gasteiger partial charge is 0.367 e. The van der Waals surface area contributed by atoms with E-state index in [0.717, 1.165) is 20.5 Å². The van der Waals surface area contributed by atoms with Gasteiger partial charge >= 0.3 is 5.69 Å². The molecule has 0 radical (unpaired) electrons. The van der Waals surface area contributed by atoms with Gasteiger partial charge < -0.3 is 5.84 Å². The molecule has 0 unspecified atom stereocenters. The van der Waals surface area contributed by atoms with Gasteiger partial charge in [0, 0.05) is 16.5 Å². The maximum absolute atomic E-state index is 11.1. The molecule has 0 aliphatic rings. The molecule has 68 valence electrons. The van der Waals surface area contributed by atoms with Gasteiger partial charge in [0.25, 0.3) is 0 Å². The summed E-state index contributed by atoms with van der Waals surface area (Å²) in [6.45, 7) is 4.00. The molecule has 0 spiro atoms. The standard InChI is InChI=1S/C8H9N3OS/c1-4-5(2)13-7-6(4)3-10-8(12)11(7)9/h3H,9H2,1-2H3. The molecule has 2 heterocycles. The Morgan fingerprint density at radius 1 is 1.54 bits per heavy atom. The second kappa shape index (κ2) is 2.56. The Bertz CT molecular complexity index is 526. The summed E-state index contributed by atoms with van der Waals surface area (Å²) in [5, 5.41) is 0.963. The van der Waals surface area contributed by atoms with Crippen LogP contribution in [0.3, 0.4) is 0 Å². The molecule has 0 aliphatic carbocycles. The average Bonchev–Trinajstić information content (AvgIpc) is 2.38. The lowest BCUT2D eigenvalue weighted by molar-refractivity contribution is 0.925. The normalized spacial score (nSPS) is 10.9. The first kappa shape index (κ1) is 8.25. The van der Waals surface area contributed by atoms with E-state index in [2.05, 4.69) is 4.98 Å². The molecule has 2 aromatic rings. The first-order valence-electron chi connectivity index (χ1n) is 3.84. The van der Waals surface area contributed by atoms with Gasteiger partial charge in [-0.15, -0.1) is 11.3 Å². The minimum Gasteiger partial charge on any atom is -0.334 e. The fourth-order valence-corrected chi connectivity index (χ4v) is 2.27. The molecule has 0 aliphatic heterocycles. The highest BCUT2D eigenvalue weighted by molar-refractivity contribution is 7.18. The van der Waals surface area contributed by atoms with Gasteiger partial charge in [0.1, 0.15) is 4.83 Å². The van der Waals surface area contributed by atoms with Crippen LogP contribution >= 0.6 is 11.3 Å². The molecule has 2 aromatic heterocycles. The van der Waals surface area contributed by atoms with Crippen molar-refractivity contribution in [2.45, 2.75) is 13.8 Å². The van der Waals surface area contributed by atoms with E-state index in [9.17, 15) is 4.79 Å². The Balaban J connectivity index is 3.03. The van der Waals surface area contributed by atoms with Gasteiger partial charge in [-0.3, -0.25) is 0 Å². The fourth-order valence-electron chi connectivity index (χ4n) is 1.23. The van der Waals surface area contributed by atoms with Crippen molar-refractivity contribution < 1.29 is 0 Å². The molecule has 0 aromatic carbocycles. The average molecular weight is 195 g/mol. The molecule has 5 heteroatoms. The summed E-state index contributed by atoms with van der Waals surface area (Å²) in [4.78, 5) is 16.7. The van der Waals surface area contributed by atoms with Crippen molar-refractivity contribution in [3.8, 4) is 0 Å². The van der Waals surface area contributed by atoms with Crippen molar-refractivity contribution in [2.75, 3.05) is 5.84 Å². The lowest BCUT2D eigenvalue weighted by Gasteiger charge is -1.96. The highest BCUT2D eigenvalue weighted by Crippen LogP contribution is 2.27. The number of thiophene rings is 1. The van der Waals surface area contributed by atoms with Gasteiger partial charge in [0.05, 0.1) is 0 Å². The Morgan fingerprint density at radius 3 is 2.92 bits per heavy atom.